The number of hydrazine groups is 1. The second-order valence-electron chi connectivity index (χ2n) is 5.80. The molecule has 0 aliphatic carbocycles. The molecule has 0 saturated carbocycles. The van der Waals surface area contributed by atoms with E-state index in [1.54, 1.807) is 60.0 Å². The van der Waals surface area contributed by atoms with Crippen LogP contribution in [-0.4, -0.2) is 30.2 Å². The predicted molar refractivity (Wildman–Crippen MR) is 107 cm³/mol. The van der Waals surface area contributed by atoms with Crippen LogP contribution >= 0.6 is 11.3 Å². The number of carbonyl (C=O) groups is 4. The van der Waals surface area contributed by atoms with Crippen LogP contribution in [0.4, 0.5) is 0 Å². The van der Waals surface area contributed by atoms with Crippen molar-refractivity contribution in [2.45, 2.75) is 0 Å². The third kappa shape index (κ3) is 5.14. The van der Waals surface area contributed by atoms with Crippen molar-refractivity contribution in [1.29, 1.82) is 0 Å². The smallest absolute Gasteiger partial charge is 0.339 e. The van der Waals surface area contributed by atoms with E-state index in [2.05, 4.69) is 10.9 Å². The number of hydrogen-bond donors (Lipinski definition) is 2. The van der Waals surface area contributed by atoms with Crippen LogP contribution in [0, 0.1) is 0 Å². The SMILES string of the molecule is O=C(COC(=O)c1ccccc1C(=O)c1cccs1)NNC(=O)c1ccccc1. The van der Waals surface area contributed by atoms with Crippen molar-refractivity contribution in [1.82, 2.24) is 10.9 Å². The molecule has 0 bridgehead atoms. The Morgan fingerprint density at radius 3 is 2.17 bits per heavy atom. The number of esters is 1. The Kier molecular flexibility index (Phi) is 6.49. The summed E-state index contributed by atoms with van der Waals surface area (Å²) < 4.78 is 4.98. The van der Waals surface area contributed by atoms with Crippen LogP contribution < -0.4 is 10.9 Å². The highest BCUT2D eigenvalue weighted by atomic mass is 32.1. The summed E-state index contributed by atoms with van der Waals surface area (Å²) in [5, 5.41) is 1.77. The average Bonchev–Trinajstić information content (AvgIpc) is 3.31. The summed E-state index contributed by atoms with van der Waals surface area (Å²) in [6.45, 7) is -0.616. The monoisotopic (exact) mass is 408 g/mol. The lowest BCUT2D eigenvalue weighted by atomic mass is 10.0. The van der Waals surface area contributed by atoms with Gasteiger partial charge in [0.15, 0.2) is 6.61 Å². The molecule has 0 aliphatic rings. The largest absolute Gasteiger partial charge is 0.452 e. The van der Waals surface area contributed by atoms with Crippen molar-refractivity contribution >= 4 is 34.9 Å². The summed E-state index contributed by atoms with van der Waals surface area (Å²) in [7, 11) is 0. The van der Waals surface area contributed by atoms with E-state index in [9.17, 15) is 19.2 Å². The van der Waals surface area contributed by atoms with E-state index in [-0.39, 0.29) is 16.9 Å². The summed E-state index contributed by atoms with van der Waals surface area (Å²) >= 11 is 1.27. The number of amides is 2. The first-order valence-electron chi connectivity index (χ1n) is 8.55. The van der Waals surface area contributed by atoms with Gasteiger partial charge in [-0.05, 0) is 29.6 Å². The Morgan fingerprint density at radius 1 is 0.793 bits per heavy atom. The fourth-order valence-electron chi connectivity index (χ4n) is 2.43. The van der Waals surface area contributed by atoms with E-state index >= 15 is 0 Å². The lowest BCUT2D eigenvalue weighted by Crippen LogP contribution is -2.43. The van der Waals surface area contributed by atoms with E-state index in [4.69, 9.17) is 4.74 Å². The number of hydrogen-bond acceptors (Lipinski definition) is 6. The molecule has 0 aliphatic heterocycles. The molecule has 0 spiro atoms. The summed E-state index contributed by atoms with van der Waals surface area (Å²) in [5.74, 6) is -2.33. The van der Waals surface area contributed by atoms with Crippen LogP contribution in [-0.2, 0) is 9.53 Å². The zero-order valence-corrected chi connectivity index (χ0v) is 15.9. The van der Waals surface area contributed by atoms with Gasteiger partial charge in [0, 0.05) is 11.1 Å². The third-order valence-corrected chi connectivity index (χ3v) is 4.69. The first kappa shape index (κ1) is 20.0. The number of benzene rings is 2. The number of carbonyl (C=O) groups excluding carboxylic acids is 4. The van der Waals surface area contributed by atoms with Crippen molar-refractivity contribution in [2.75, 3.05) is 6.61 Å². The molecule has 29 heavy (non-hydrogen) atoms. The van der Waals surface area contributed by atoms with Gasteiger partial charge in [0.2, 0.25) is 5.78 Å². The van der Waals surface area contributed by atoms with Gasteiger partial charge in [-0.2, -0.15) is 0 Å². The summed E-state index contributed by atoms with van der Waals surface area (Å²) in [5.41, 5.74) is 5.02. The normalized spacial score (nSPS) is 10.1. The van der Waals surface area contributed by atoms with Crippen LogP contribution in [0.5, 0.6) is 0 Å². The zero-order chi connectivity index (χ0) is 20.6. The Hall–Kier alpha value is -3.78. The van der Waals surface area contributed by atoms with Gasteiger partial charge in [0.25, 0.3) is 11.8 Å². The van der Waals surface area contributed by atoms with Crippen molar-refractivity contribution in [2.24, 2.45) is 0 Å². The average molecular weight is 408 g/mol. The molecule has 0 radical (unpaired) electrons. The van der Waals surface area contributed by atoms with Gasteiger partial charge < -0.3 is 4.74 Å². The quantitative estimate of drug-likeness (QED) is 0.371. The topological polar surface area (TPSA) is 102 Å². The Labute approximate surface area is 170 Å². The van der Waals surface area contributed by atoms with E-state index in [0.717, 1.165) is 0 Å². The third-order valence-electron chi connectivity index (χ3n) is 3.82. The first-order chi connectivity index (χ1) is 14.1. The summed E-state index contributed by atoms with van der Waals surface area (Å²) in [6, 6.07) is 17.9. The molecule has 146 valence electrons. The highest BCUT2D eigenvalue weighted by Gasteiger charge is 2.20. The molecule has 3 aromatic rings. The fraction of sp³-hybridized carbons (Fsp3) is 0.0476. The standard InChI is InChI=1S/C21H16N2O5S/c24-18(22-23-20(26)14-7-2-1-3-8-14)13-28-21(27)16-10-5-4-9-15(16)19(25)17-11-6-12-29-17/h1-12H,13H2,(H,22,24)(H,23,26). The van der Waals surface area contributed by atoms with E-state index in [0.29, 0.717) is 10.4 Å². The lowest BCUT2D eigenvalue weighted by molar-refractivity contribution is -0.125. The van der Waals surface area contributed by atoms with E-state index in [1.807, 2.05) is 0 Å². The van der Waals surface area contributed by atoms with Crippen molar-refractivity contribution in [3.05, 3.63) is 93.7 Å². The molecule has 1 heterocycles. The molecule has 0 unspecified atom stereocenters. The second-order valence-corrected chi connectivity index (χ2v) is 6.74. The first-order valence-corrected chi connectivity index (χ1v) is 9.43. The molecule has 3 rings (SSSR count). The maximum absolute atomic E-state index is 12.6. The Balaban J connectivity index is 1.56. The summed E-state index contributed by atoms with van der Waals surface area (Å²) in [6.07, 6.45) is 0. The minimum Gasteiger partial charge on any atom is -0.452 e. The molecule has 2 amide bonds. The fourth-order valence-corrected chi connectivity index (χ4v) is 3.11. The zero-order valence-electron chi connectivity index (χ0n) is 15.1. The molecule has 1 aromatic heterocycles. The molecule has 8 heteroatoms. The molecular weight excluding hydrogens is 392 g/mol. The molecule has 2 N–H and O–H groups in total. The maximum Gasteiger partial charge on any atom is 0.339 e. The Bertz CT molecular complexity index is 1030. The Morgan fingerprint density at radius 2 is 1.48 bits per heavy atom. The van der Waals surface area contributed by atoms with Gasteiger partial charge in [-0.3, -0.25) is 25.2 Å². The van der Waals surface area contributed by atoms with Crippen LogP contribution in [0.1, 0.15) is 36.0 Å². The van der Waals surface area contributed by atoms with Crippen molar-refractivity contribution in [3.63, 3.8) is 0 Å². The second kappa shape index (κ2) is 9.43. The van der Waals surface area contributed by atoms with Crippen LogP contribution in [0.2, 0.25) is 0 Å². The van der Waals surface area contributed by atoms with Gasteiger partial charge in [-0.25, -0.2) is 4.79 Å². The number of ether oxygens (including phenoxy) is 1. The van der Waals surface area contributed by atoms with Gasteiger partial charge in [0.1, 0.15) is 0 Å². The van der Waals surface area contributed by atoms with Gasteiger partial charge in [-0.15, -0.1) is 11.3 Å². The minimum absolute atomic E-state index is 0.0621. The number of thiophene rings is 1. The number of nitrogens with one attached hydrogen (secondary N) is 2. The lowest BCUT2D eigenvalue weighted by Gasteiger charge is -2.10. The van der Waals surface area contributed by atoms with Crippen molar-refractivity contribution < 1.29 is 23.9 Å². The highest BCUT2D eigenvalue weighted by Crippen LogP contribution is 2.19. The molecule has 0 atom stereocenters. The number of ketones is 1. The van der Waals surface area contributed by atoms with Crippen LogP contribution in [0.25, 0.3) is 0 Å². The molecule has 0 saturated heterocycles. The van der Waals surface area contributed by atoms with Crippen LogP contribution in [0.3, 0.4) is 0 Å². The minimum atomic E-state index is -0.810. The molecule has 0 fully saturated rings. The van der Waals surface area contributed by atoms with E-state index < -0.39 is 24.4 Å². The van der Waals surface area contributed by atoms with Gasteiger partial charge >= 0.3 is 5.97 Å². The van der Waals surface area contributed by atoms with Crippen LogP contribution in [0.15, 0.2) is 72.1 Å². The predicted octanol–water partition coefficient (Wildman–Crippen LogP) is 2.60. The molecular formula is C21H16N2O5S. The molecule has 2 aromatic carbocycles. The molecule has 7 nitrogen and oxygen atoms in total. The summed E-state index contributed by atoms with van der Waals surface area (Å²) in [4.78, 5) is 49.1. The maximum atomic E-state index is 12.6. The number of rotatable bonds is 6. The van der Waals surface area contributed by atoms with Gasteiger partial charge in [-0.1, -0.05) is 42.5 Å². The van der Waals surface area contributed by atoms with Gasteiger partial charge in [0.05, 0.1) is 10.4 Å². The van der Waals surface area contributed by atoms with E-state index in [1.165, 1.54) is 23.5 Å². The van der Waals surface area contributed by atoms with Crippen molar-refractivity contribution in [3.8, 4) is 0 Å². The highest BCUT2D eigenvalue weighted by molar-refractivity contribution is 7.12.